The van der Waals surface area contributed by atoms with Gasteiger partial charge in [-0.15, -0.1) is 0 Å². The van der Waals surface area contributed by atoms with E-state index in [1.807, 2.05) is 6.92 Å². The maximum Gasteiger partial charge on any atom is 0.282 e. The molecule has 1 aromatic carbocycles. The van der Waals surface area contributed by atoms with Crippen LogP contribution in [0.1, 0.15) is 30.1 Å². The highest BCUT2D eigenvalue weighted by Crippen LogP contribution is 2.30. The topological polar surface area (TPSA) is 75.5 Å². The van der Waals surface area contributed by atoms with Crippen molar-refractivity contribution in [2.45, 2.75) is 25.8 Å². The standard InChI is InChI=1S/C13H17N3O3/c1-3-14-9-4-7-12(16(18)19)11(8-9)13(17)15(2)10-5-6-10/h4,7-8,10,14H,3,5-6H2,1-2H3. The Morgan fingerprint density at radius 1 is 1.53 bits per heavy atom. The summed E-state index contributed by atoms with van der Waals surface area (Å²) in [7, 11) is 1.70. The molecular formula is C13H17N3O3. The minimum Gasteiger partial charge on any atom is -0.385 e. The first-order valence-electron chi connectivity index (χ1n) is 6.34. The summed E-state index contributed by atoms with van der Waals surface area (Å²) < 4.78 is 0. The Bertz CT molecular complexity index is 512. The molecular weight excluding hydrogens is 246 g/mol. The molecule has 0 saturated heterocycles. The number of amides is 1. The van der Waals surface area contributed by atoms with E-state index in [0.29, 0.717) is 6.54 Å². The number of nitro groups is 1. The van der Waals surface area contributed by atoms with E-state index in [2.05, 4.69) is 5.32 Å². The first kappa shape index (κ1) is 13.3. The summed E-state index contributed by atoms with van der Waals surface area (Å²) in [6.45, 7) is 2.63. The fraction of sp³-hybridized carbons (Fsp3) is 0.462. The number of nitrogens with one attached hydrogen (secondary N) is 1. The lowest BCUT2D eigenvalue weighted by molar-refractivity contribution is -0.385. The van der Waals surface area contributed by atoms with Crippen molar-refractivity contribution < 1.29 is 9.72 Å². The third-order valence-corrected chi connectivity index (χ3v) is 3.22. The lowest BCUT2D eigenvalue weighted by Gasteiger charge is -2.16. The average molecular weight is 263 g/mol. The normalized spacial score (nSPS) is 14.0. The van der Waals surface area contributed by atoms with Crippen LogP contribution in [0.15, 0.2) is 18.2 Å². The third-order valence-electron chi connectivity index (χ3n) is 3.22. The van der Waals surface area contributed by atoms with Crippen molar-refractivity contribution in [2.24, 2.45) is 0 Å². The van der Waals surface area contributed by atoms with Crippen LogP contribution in [0.25, 0.3) is 0 Å². The van der Waals surface area contributed by atoms with Crippen molar-refractivity contribution in [3.63, 3.8) is 0 Å². The second-order valence-corrected chi connectivity index (χ2v) is 4.67. The highest BCUT2D eigenvalue weighted by molar-refractivity contribution is 5.99. The highest BCUT2D eigenvalue weighted by atomic mass is 16.6. The fourth-order valence-electron chi connectivity index (χ4n) is 2.00. The van der Waals surface area contributed by atoms with Gasteiger partial charge in [0.25, 0.3) is 11.6 Å². The molecule has 0 aliphatic heterocycles. The molecule has 1 aliphatic rings. The zero-order valence-electron chi connectivity index (χ0n) is 11.0. The molecule has 0 aromatic heterocycles. The van der Waals surface area contributed by atoms with Crippen molar-refractivity contribution >= 4 is 17.3 Å². The fourth-order valence-corrected chi connectivity index (χ4v) is 2.00. The van der Waals surface area contributed by atoms with Crippen LogP contribution in [0, 0.1) is 10.1 Å². The second-order valence-electron chi connectivity index (χ2n) is 4.67. The molecule has 0 heterocycles. The molecule has 2 rings (SSSR count). The number of hydrogen-bond donors (Lipinski definition) is 1. The van der Waals surface area contributed by atoms with E-state index in [-0.39, 0.29) is 23.2 Å². The number of rotatable bonds is 5. The maximum absolute atomic E-state index is 12.3. The Balaban J connectivity index is 2.35. The van der Waals surface area contributed by atoms with Crippen molar-refractivity contribution in [1.82, 2.24) is 4.90 Å². The number of carbonyl (C=O) groups is 1. The summed E-state index contributed by atoms with van der Waals surface area (Å²) in [5.41, 5.74) is 0.734. The molecule has 0 unspecified atom stereocenters. The maximum atomic E-state index is 12.3. The summed E-state index contributed by atoms with van der Waals surface area (Å²) in [5.74, 6) is -0.283. The zero-order valence-corrected chi connectivity index (χ0v) is 11.0. The van der Waals surface area contributed by atoms with E-state index in [1.54, 1.807) is 24.1 Å². The van der Waals surface area contributed by atoms with Gasteiger partial charge in [0.05, 0.1) is 4.92 Å². The van der Waals surface area contributed by atoms with Crippen molar-refractivity contribution in [2.75, 3.05) is 18.9 Å². The number of hydrogen-bond acceptors (Lipinski definition) is 4. The van der Waals surface area contributed by atoms with Crippen LogP contribution in [0.5, 0.6) is 0 Å². The van der Waals surface area contributed by atoms with Crippen LogP contribution in [0.3, 0.4) is 0 Å². The number of benzene rings is 1. The van der Waals surface area contributed by atoms with E-state index in [9.17, 15) is 14.9 Å². The second kappa shape index (κ2) is 5.26. The van der Waals surface area contributed by atoms with Gasteiger partial charge < -0.3 is 10.2 Å². The van der Waals surface area contributed by atoms with Crippen molar-refractivity contribution in [1.29, 1.82) is 0 Å². The molecule has 1 amide bonds. The highest BCUT2D eigenvalue weighted by Gasteiger charge is 2.33. The van der Waals surface area contributed by atoms with Crippen LogP contribution in [-0.4, -0.2) is 35.4 Å². The molecule has 0 bridgehead atoms. The summed E-state index contributed by atoms with van der Waals surface area (Å²) in [4.78, 5) is 24.4. The summed E-state index contributed by atoms with van der Waals surface area (Å²) in [5, 5.41) is 14.1. The lowest BCUT2D eigenvalue weighted by atomic mass is 10.1. The van der Waals surface area contributed by atoms with Gasteiger partial charge >= 0.3 is 0 Å². The predicted molar refractivity (Wildman–Crippen MR) is 72.4 cm³/mol. The van der Waals surface area contributed by atoms with Gasteiger partial charge in [-0.3, -0.25) is 14.9 Å². The molecule has 6 nitrogen and oxygen atoms in total. The number of carbonyl (C=O) groups excluding carboxylic acids is 1. The Morgan fingerprint density at radius 2 is 2.21 bits per heavy atom. The van der Waals surface area contributed by atoms with E-state index in [0.717, 1.165) is 18.5 Å². The quantitative estimate of drug-likeness (QED) is 0.653. The van der Waals surface area contributed by atoms with Crippen molar-refractivity contribution in [3.05, 3.63) is 33.9 Å². The Labute approximate surface area is 111 Å². The molecule has 1 fully saturated rings. The summed E-state index contributed by atoms with van der Waals surface area (Å²) >= 11 is 0. The molecule has 1 N–H and O–H groups in total. The van der Waals surface area contributed by atoms with Gasteiger partial charge in [-0.05, 0) is 31.9 Å². The first-order valence-corrected chi connectivity index (χ1v) is 6.34. The van der Waals surface area contributed by atoms with Crippen LogP contribution >= 0.6 is 0 Å². The molecule has 1 aliphatic carbocycles. The van der Waals surface area contributed by atoms with Gasteiger partial charge in [-0.1, -0.05) is 0 Å². The lowest BCUT2D eigenvalue weighted by Crippen LogP contribution is -2.29. The molecule has 19 heavy (non-hydrogen) atoms. The largest absolute Gasteiger partial charge is 0.385 e. The minimum absolute atomic E-state index is 0.140. The minimum atomic E-state index is -0.510. The number of nitro benzene ring substituents is 1. The van der Waals surface area contributed by atoms with Crippen LogP contribution < -0.4 is 5.32 Å². The van der Waals surface area contributed by atoms with Gasteiger partial charge in [0.2, 0.25) is 0 Å². The Kier molecular flexibility index (Phi) is 3.69. The van der Waals surface area contributed by atoms with Gasteiger partial charge in [0.15, 0.2) is 0 Å². The van der Waals surface area contributed by atoms with Gasteiger partial charge in [0.1, 0.15) is 5.56 Å². The molecule has 1 aromatic rings. The Morgan fingerprint density at radius 3 is 2.74 bits per heavy atom. The monoisotopic (exact) mass is 263 g/mol. The predicted octanol–water partition coefficient (Wildman–Crippen LogP) is 2.26. The third kappa shape index (κ3) is 2.83. The smallest absolute Gasteiger partial charge is 0.282 e. The van der Waals surface area contributed by atoms with E-state index < -0.39 is 4.92 Å². The first-order chi connectivity index (χ1) is 9.04. The van der Waals surface area contributed by atoms with E-state index >= 15 is 0 Å². The summed E-state index contributed by atoms with van der Waals surface area (Å²) in [6, 6.07) is 4.79. The molecule has 6 heteroatoms. The summed E-state index contributed by atoms with van der Waals surface area (Å²) in [6.07, 6.45) is 1.95. The molecule has 0 radical (unpaired) electrons. The Hall–Kier alpha value is -2.11. The number of anilines is 1. The molecule has 102 valence electrons. The van der Waals surface area contributed by atoms with Gasteiger partial charge in [-0.25, -0.2) is 0 Å². The van der Waals surface area contributed by atoms with E-state index in [4.69, 9.17) is 0 Å². The van der Waals surface area contributed by atoms with Gasteiger partial charge in [0, 0.05) is 31.4 Å². The molecule has 1 saturated carbocycles. The molecule has 0 spiro atoms. The zero-order chi connectivity index (χ0) is 14.0. The SMILES string of the molecule is CCNc1ccc([N+](=O)[O-])c(C(=O)N(C)C2CC2)c1. The van der Waals surface area contributed by atoms with Crippen LogP contribution in [0.4, 0.5) is 11.4 Å². The van der Waals surface area contributed by atoms with Crippen LogP contribution in [0.2, 0.25) is 0 Å². The number of nitrogens with zero attached hydrogens (tertiary/aromatic N) is 2. The van der Waals surface area contributed by atoms with Crippen molar-refractivity contribution in [3.8, 4) is 0 Å². The average Bonchev–Trinajstić information content (AvgIpc) is 3.21. The van der Waals surface area contributed by atoms with Gasteiger partial charge in [-0.2, -0.15) is 0 Å². The van der Waals surface area contributed by atoms with E-state index in [1.165, 1.54) is 6.07 Å². The molecule has 0 atom stereocenters. The van der Waals surface area contributed by atoms with Crippen LogP contribution in [-0.2, 0) is 0 Å².